The summed E-state index contributed by atoms with van der Waals surface area (Å²) in [5.74, 6) is 0.0884. The number of hydrogen-bond donors (Lipinski definition) is 1. The summed E-state index contributed by atoms with van der Waals surface area (Å²) >= 11 is 4.73. The molecule has 0 heterocycles. The molecule has 0 bridgehead atoms. The normalized spacial score (nSPS) is 10.2. The van der Waals surface area contributed by atoms with Gasteiger partial charge in [0.1, 0.15) is 0 Å². The fourth-order valence-electron chi connectivity index (χ4n) is 0.752. The first kappa shape index (κ1) is 12.3. The number of carbonyl (C=O) groups is 1. The molecule has 0 aliphatic heterocycles. The average Bonchev–Trinajstić information content (AvgIpc) is 2.00. The quantitative estimate of drug-likeness (QED) is 0.622. The zero-order valence-corrected chi connectivity index (χ0v) is 9.23. The number of likely N-dealkylation sites (N-methyl/N-ethyl adjacent to an activating group) is 2. The fraction of sp³-hybridized carbons (Fsp3) is 0.750. The van der Waals surface area contributed by atoms with E-state index in [4.69, 9.17) is 18.0 Å². The Bertz CT molecular complexity index is 194. The minimum absolute atomic E-state index is 0.0884. The van der Waals surface area contributed by atoms with Crippen LogP contribution in [-0.4, -0.2) is 54.9 Å². The molecule has 0 aromatic rings. The number of nitrogens with zero attached hydrogens (tertiary/aromatic N) is 2. The lowest BCUT2D eigenvalue weighted by Gasteiger charge is -2.18. The van der Waals surface area contributed by atoms with Crippen LogP contribution in [0.25, 0.3) is 0 Å². The third kappa shape index (κ3) is 6.48. The van der Waals surface area contributed by atoms with Crippen LogP contribution < -0.4 is 5.73 Å². The van der Waals surface area contributed by atoms with Crippen molar-refractivity contribution in [3.05, 3.63) is 0 Å². The molecule has 0 aromatic carbocycles. The van der Waals surface area contributed by atoms with Crippen LogP contribution in [0.1, 0.15) is 6.42 Å². The monoisotopic (exact) mass is 203 g/mol. The van der Waals surface area contributed by atoms with Gasteiger partial charge in [-0.3, -0.25) is 9.69 Å². The van der Waals surface area contributed by atoms with Crippen LogP contribution in [0.5, 0.6) is 0 Å². The van der Waals surface area contributed by atoms with E-state index in [-0.39, 0.29) is 5.91 Å². The SMILES string of the molecule is CN(CCC(N)=S)CC(=O)N(C)C. The molecular formula is C8H17N3OS. The maximum Gasteiger partial charge on any atom is 0.236 e. The minimum atomic E-state index is 0.0884. The molecule has 0 atom stereocenters. The molecule has 0 saturated carbocycles. The molecule has 13 heavy (non-hydrogen) atoms. The van der Waals surface area contributed by atoms with E-state index in [1.165, 1.54) is 0 Å². The van der Waals surface area contributed by atoms with Crippen molar-refractivity contribution in [2.75, 3.05) is 34.2 Å². The Morgan fingerprint density at radius 3 is 2.31 bits per heavy atom. The molecule has 0 rings (SSSR count). The van der Waals surface area contributed by atoms with E-state index in [2.05, 4.69) is 0 Å². The average molecular weight is 203 g/mol. The van der Waals surface area contributed by atoms with Gasteiger partial charge in [0.2, 0.25) is 5.91 Å². The Labute approximate surface area is 84.7 Å². The van der Waals surface area contributed by atoms with Gasteiger partial charge in [0, 0.05) is 27.1 Å². The second kappa shape index (κ2) is 5.88. The molecular weight excluding hydrogens is 186 g/mol. The van der Waals surface area contributed by atoms with Crippen molar-refractivity contribution >= 4 is 23.1 Å². The van der Waals surface area contributed by atoms with E-state index in [0.29, 0.717) is 18.0 Å². The van der Waals surface area contributed by atoms with Crippen LogP contribution in [-0.2, 0) is 4.79 Å². The molecule has 0 aliphatic carbocycles. The number of nitrogens with two attached hydrogens (primary N) is 1. The summed E-state index contributed by atoms with van der Waals surface area (Å²) in [4.78, 5) is 15.2. The lowest BCUT2D eigenvalue weighted by molar-refractivity contribution is -0.129. The lowest BCUT2D eigenvalue weighted by Crippen LogP contribution is -2.35. The predicted octanol–water partition coefficient (Wildman–Crippen LogP) is -0.317. The van der Waals surface area contributed by atoms with Crippen LogP contribution in [0.3, 0.4) is 0 Å². The van der Waals surface area contributed by atoms with Gasteiger partial charge in [-0.1, -0.05) is 12.2 Å². The minimum Gasteiger partial charge on any atom is -0.393 e. The van der Waals surface area contributed by atoms with Crippen molar-refractivity contribution < 1.29 is 4.79 Å². The largest absolute Gasteiger partial charge is 0.393 e. The molecule has 0 radical (unpaired) electrons. The number of hydrogen-bond acceptors (Lipinski definition) is 3. The molecule has 0 spiro atoms. The Balaban J connectivity index is 3.68. The number of rotatable bonds is 5. The van der Waals surface area contributed by atoms with Gasteiger partial charge in [-0.15, -0.1) is 0 Å². The Morgan fingerprint density at radius 1 is 1.38 bits per heavy atom. The van der Waals surface area contributed by atoms with Crippen molar-refractivity contribution in [2.45, 2.75) is 6.42 Å². The molecule has 4 nitrogen and oxygen atoms in total. The van der Waals surface area contributed by atoms with E-state index >= 15 is 0 Å². The molecule has 0 fully saturated rings. The maximum atomic E-state index is 11.2. The highest BCUT2D eigenvalue weighted by atomic mass is 32.1. The highest BCUT2D eigenvalue weighted by Crippen LogP contribution is 1.89. The highest BCUT2D eigenvalue weighted by molar-refractivity contribution is 7.80. The van der Waals surface area contributed by atoms with Gasteiger partial charge in [0.25, 0.3) is 0 Å². The molecule has 0 aromatic heterocycles. The molecule has 2 N–H and O–H groups in total. The number of carbonyl (C=O) groups excluding carboxylic acids is 1. The number of amides is 1. The highest BCUT2D eigenvalue weighted by Gasteiger charge is 2.07. The second-order valence-electron chi connectivity index (χ2n) is 3.24. The first-order chi connectivity index (χ1) is 5.93. The molecule has 1 amide bonds. The van der Waals surface area contributed by atoms with Crippen LogP contribution in [0.4, 0.5) is 0 Å². The smallest absolute Gasteiger partial charge is 0.236 e. The molecule has 0 aliphatic rings. The Morgan fingerprint density at radius 2 is 1.92 bits per heavy atom. The summed E-state index contributed by atoms with van der Waals surface area (Å²) < 4.78 is 0. The van der Waals surface area contributed by atoms with Crippen LogP contribution in [0.15, 0.2) is 0 Å². The van der Waals surface area contributed by atoms with E-state index in [9.17, 15) is 4.79 Å². The molecule has 0 unspecified atom stereocenters. The van der Waals surface area contributed by atoms with Crippen LogP contribution in [0, 0.1) is 0 Å². The van der Waals surface area contributed by atoms with Gasteiger partial charge in [0.15, 0.2) is 0 Å². The van der Waals surface area contributed by atoms with E-state index in [1.807, 2.05) is 11.9 Å². The summed E-state index contributed by atoms with van der Waals surface area (Å²) in [6.45, 7) is 1.14. The summed E-state index contributed by atoms with van der Waals surface area (Å²) in [7, 11) is 5.35. The van der Waals surface area contributed by atoms with Crippen molar-refractivity contribution in [2.24, 2.45) is 5.73 Å². The summed E-state index contributed by atoms with van der Waals surface area (Å²) in [5, 5.41) is 0. The van der Waals surface area contributed by atoms with Gasteiger partial charge in [-0.2, -0.15) is 0 Å². The fourth-order valence-corrected chi connectivity index (χ4v) is 0.844. The molecule has 76 valence electrons. The Hall–Kier alpha value is -0.680. The zero-order chi connectivity index (χ0) is 10.4. The molecule has 0 saturated heterocycles. The number of thiocarbonyl (C=S) groups is 1. The van der Waals surface area contributed by atoms with Gasteiger partial charge >= 0.3 is 0 Å². The third-order valence-corrected chi connectivity index (χ3v) is 1.85. The Kier molecular flexibility index (Phi) is 5.57. The predicted molar refractivity (Wildman–Crippen MR) is 57.6 cm³/mol. The zero-order valence-electron chi connectivity index (χ0n) is 8.41. The topological polar surface area (TPSA) is 49.6 Å². The first-order valence-electron chi connectivity index (χ1n) is 4.10. The van der Waals surface area contributed by atoms with E-state index in [1.54, 1.807) is 19.0 Å². The second-order valence-corrected chi connectivity index (χ2v) is 3.77. The molecule has 5 heteroatoms. The van der Waals surface area contributed by atoms with Crippen molar-refractivity contribution in [3.8, 4) is 0 Å². The van der Waals surface area contributed by atoms with E-state index < -0.39 is 0 Å². The van der Waals surface area contributed by atoms with Gasteiger partial charge in [0.05, 0.1) is 11.5 Å². The third-order valence-electron chi connectivity index (χ3n) is 1.64. The van der Waals surface area contributed by atoms with Gasteiger partial charge in [-0.25, -0.2) is 0 Å². The lowest BCUT2D eigenvalue weighted by atomic mass is 10.4. The van der Waals surface area contributed by atoms with Gasteiger partial charge < -0.3 is 10.6 Å². The first-order valence-corrected chi connectivity index (χ1v) is 4.51. The maximum absolute atomic E-state index is 11.2. The van der Waals surface area contributed by atoms with Crippen LogP contribution >= 0.6 is 12.2 Å². The van der Waals surface area contributed by atoms with Crippen molar-refractivity contribution in [3.63, 3.8) is 0 Å². The van der Waals surface area contributed by atoms with Gasteiger partial charge in [-0.05, 0) is 7.05 Å². The standard InChI is InChI=1S/C8H17N3OS/c1-10(2)8(12)6-11(3)5-4-7(9)13/h4-6H2,1-3H3,(H2,9,13). The summed E-state index contributed by atoms with van der Waals surface area (Å²) in [6, 6.07) is 0. The van der Waals surface area contributed by atoms with Crippen LogP contribution in [0.2, 0.25) is 0 Å². The van der Waals surface area contributed by atoms with Crippen molar-refractivity contribution in [1.82, 2.24) is 9.80 Å². The summed E-state index contributed by atoms with van der Waals surface area (Å²) in [6.07, 6.45) is 0.659. The van der Waals surface area contributed by atoms with Crippen molar-refractivity contribution in [1.29, 1.82) is 0 Å². The van der Waals surface area contributed by atoms with E-state index in [0.717, 1.165) is 6.54 Å². The summed E-state index contributed by atoms with van der Waals surface area (Å²) in [5.41, 5.74) is 5.34.